The van der Waals surface area contributed by atoms with Gasteiger partial charge in [0.05, 0.1) is 12.7 Å². The van der Waals surface area contributed by atoms with E-state index in [4.69, 9.17) is 10.5 Å². The SMILES string of the molecule is COc1ccccc1CN(C)C(=O)c1ccc(N)cc1F. The number of halogens is 1. The van der Waals surface area contributed by atoms with Crippen molar-refractivity contribution in [2.45, 2.75) is 6.54 Å². The summed E-state index contributed by atoms with van der Waals surface area (Å²) < 4.78 is 19.0. The number of nitrogen functional groups attached to an aromatic ring is 1. The van der Waals surface area contributed by atoms with Gasteiger partial charge in [0, 0.05) is 24.8 Å². The molecule has 2 aromatic rings. The van der Waals surface area contributed by atoms with E-state index in [0.717, 1.165) is 11.6 Å². The maximum Gasteiger partial charge on any atom is 0.256 e. The van der Waals surface area contributed by atoms with Crippen LogP contribution in [0.3, 0.4) is 0 Å². The number of benzene rings is 2. The zero-order valence-electron chi connectivity index (χ0n) is 12.0. The van der Waals surface area contributed by atoms with Crippen LogP contribution in [0.2, 0.25) is 0 Å². The second-order valence-corrected chi connectivity index (χ2v) is 4.71. The van der Waals surface area contributed by atoms with Crippen LogP contribution in [0.1, 0.15) is 15.9 Å². The van der Waals surface area contributed by atoms with Gasteiger partial charge in [-0.2, -0.15) is 0 Å². The Bertz CT molecular complexity index is 658. The maximum absolute atomic E-state index is 13.8. The van der Waals surface area contributed by atoms with E-state index in [-0.39, 0.29) is 11.3 Å². The first kappa shape index (κ1) is 14.8. The molecule has 0 aromatic heterocycles. The van der Waals surface area contributed by atoms with Gasteiger partial charge in [-0.1, -0.05) is 18.2 Å². The van der Waals surface area contributed by atoms with Crippen LogP contribution in [-0.4, -0.2) is 25.0 Å². The van der Waals surface area contributed by atoms with Crippen LogP contribution in [0.25, 0.3) is 0 Å². The van der Waals surface area contributed by atoms with E-state index in [2.05, 4.69) is 0 Å². The monoisotopic (exact) mass is 288 g/mol. The lowest BCUT2D eigenvalue weighted by atomic mass is 10.1. The van der Waals surface area contributed by atoms with E-state index in [1.165, 1.54) is 17.0 Å². The molecule has 0 saturated carbocycles. The van der Waals surface area contributed by atoms with Crippen molar-refractivity contribution >= 4 is 11.6 Å². The molecular weight excluding hydrogens is 271 g/mol. The summed E-state index contributed by atoms with van der Waals surface area (Å²) in [4.78, 5) is 13.7. The molecule has 2 rings (SSSR count). The molecule has 0 atom stereocenters. The third-order valence-corrected chi connectivity index (χ3v) is 3.17. The molecule has 0 unspecified atom stereocenters. The predicted molar refractivity (Wildman–Crippen MR) is 79.6 cm³/mol. The third kappa shape index (κ3) is 3.31. The van der Waals surface area contributed by atoms with Gasteiger partial charge >= 0.3 is 0 Å². The number of hydrogen-bond acceptors (Lipinski definition) is 3. The van der Waals surface area contributed by atoms with Gasteiger partial charge in [0.1, 0.15) is 11.6 Å². The van der Waals surface area contributed by atoms with Gasteiger partial charge in [0.2, 0.25) is 0 Å². The van der Waals surface area contributed by atoms with E-state index in [1.807, 2.05) is 24.3 Å². The lowest BCUT2D eigenvalue weighted by molar-refractivity contribution is 0.0779. The molecule has 0 bridgehead atoms. The zero-order valence-corrected chi connectivity index (χ0v) is 12.0. The highest BCUT2D eigenvalue weighted by atomic mass is 19.1. The Morgan fingerprint density at radius 1 is 1.29 bits per heavy atom. The van der Waals surface area contributed by atoms with Crippen molar-refractivity contribution in [3.05, 3.63) is 59.4 Å². The second kappa shape index (κ2) is 6.26. The molecule has 0 spiro atoms. The Balaban J connectivity index is 2.19. The quantitative estimate of drug-likeness (QED) is 0.880. The second-order valence-electron chi connectivity index (χ2n) is 4.71. The van der Waals surface area contributed by atoms with Crippen LogP contribution in [0, 0.1) is 5.82 Å². The van der Waals surface area contributed by atoms with Crippen molar-refractivity contribution < 1.29 is 13.9 Å². The van der Waals surface area contributed by atoms with Gasteiger partial charge < -0.3 is 15.4 Å². The van der Waals surface area contributed by atoms with Gasteiger partial charge in [-0.25, -0.2) is 4.39 Å². The van der Waals surface area contributed by atoms with Gasteiger partial charge in [0.25, 0.3) is 5.91 Å². The van der Waals surface area contributed by atoms with E-state index in [1.54, 1.807) is 14.2 Å². The number of hydrogen-bond donors (Lipinski definition) is 1. The van der Waals surface area contributed by atoms with E-state index in [0.29, 0.717) is 12.3 Å². The maximum atomic E-state index is 13.8. The minimum Gasteiger partial charge on any atom is -0.496 e. The number of carbonyl (C=O) groups is 1. The molecule has 110 valence electrons. The van der Waals surface area contributed by atoms with Gasteiger partial charge in [-0.15, -0.1) is 0 Å². The van der Waals surface area contributed by atoms with Crippen molar-refractivity contribution in [2.75, 3.05) is 19.9 Å². The van der Waals surface area contributed by atoms with Crippen molar-refractivity contribution in [2.24, 2.45) is 0 Å². The minimum atomic E-state index is -0.619. The normalized spacial score (nSPS) is 10.2. The van der Waals surface area contributed by atoms with Crippen LogP contribution in [0.15, 0.2) is 42.5 Å². The van der Waals surface area contributed by atoms with E-state index < -0.39 is 11.7 Å². The average Bonchev–Trinajstić information content (AvgIpc) is 2.47. The molecule has 2 N–H and O–H groups in total. The van der Waals surface area contributed by atoms with Gasteiger partial charge in [0.15, 0.2) is 0 Å². The number of anilines is 1. The van der Waals surface area contributed by atoms with Crippen LogP contribution < -0.4 is 10.5 Å². The fraction of sp³-hybridized carbons (Fsp3) is 0.188. The Morgan fingerprint density at radius 3 is 2.67 bits per heavy atom. The zero-order chi connectivity index (χ0) is 15.4. The van der Waals surface area contributed by atoms with Crippen molar-refractivity contribution in [1.29, 1.82) is 0 Å². The first-order chi connectivity index (χ1) is 10.0. The Hall–Kier alpha value is -2.56. The average molecular weight is 288 g/mol. The summed E-state index contributed by atoms with van der Waals surface area (Å²) in [5.74, 6) is -0.333. The fourth-order valence-corrected chi connectivity index (χ4v) is 2.07. The first-order valence-electron chi connectivity index (χ1n) is 6.45. The molecule has 1 amide bonds. The summed E-state index contributed by atoms with van der Waals surface area (Å²) in [7, 11) is 3.19. The number of nitrogens with zero attached hydrogens (tertiary/aromatic N) is 1. The highest BCUT2D eigenvalue weighted by molar-refractivity contribution is 5.94. The molecule has 0 aliphatic rings. The summed E-state index contributed by atoms with van der Waals surface area (Å²) in [5, 5.41) is 0. The molecule has 0 heterocycles. The summed E-state index contributed by atoms with van der Waals surface area (Å²) in [5.41, 5.74) is 6.63. The van der Waals surface area contributed by atoms with E-state index in [9.17, 15) is 9.18 Å². The van der Waals surface area contributed by atoms with Crippen LogP contribution in [0.5, 0.6) is 5.75 Å². The summed E-state index contributed by atoms with van der Waals surface area (Å²) in [6.07, 6.45) is 0. The number of carbonyl (C=O) groups excluding carboxylic acids is 1. The van der Waals surface area contributed by atoms with Crippen molar-refractivity contribution in [1.82, 2.24) is 4.90 Å². The molecule has 0 aliphatic carbocycles. The largest absolute Gasteiger partial charge is 0.496 e. The first-order valence-corrected chi connectivity index (χ1v) is 6.45. The lowest BCUT2D eigenvalue weighted by Gasteiger charge is -2.19. The summed E-state index contributed by atoms with van der Waals surface area (Å²) in [6, 6.07) is 11.4. The van der Waals surface area contributed by atoms with Crippen molar-refractivity contribution in [3.63, 3.8) is 0 Å². The minimum absolute atomic E-state index is 0.00148. The van der Waals surface area contributed by atoms with Gasteiger partial charge in [-0.05, 0) is 24.3 Å². The molecular formula is C16H17FN2O2. The molecule has 2 aromatic carbocycles. The highest BCUT2D eigenvalue weighted by Crippen LogP contribution is 2.20. The Labute approximate surface area is 122 Å². The number of methoxy groups -OCH3 is 1. The number of rotatable bonds is 4. The predicted octanol–water partition coefficient (Wildman–Crippen LogP) is 2.69. The lowest BCUT2D eigenvalue weighted by Crippen LogP contribution is -2.27. The molecule has 5 heteroatoms. The number of nitrogens with two attached hydrogens (primary N) is 1. The topological polar surface area (TPSA) is 55.6 Å². The van der Waals surface area contributed by atoms with Gasteiger partial charge in [-0.3, -0.25) is 4.79 Å². The van der Waals surface area contributed by atoms with Crippen molar-refractivity contribution in [3.8, 4) is 5.75 Å². The third-order valence-electron chi connectivity index (χ3n) is 3.17. The molecule has 0 aliphatic heterocycles. The molecule has 21 heavy (non-hydrogen) atoms. The molecule has 0 fully saturated rings. The molecule has 0 radical (unpaired) electrons. The molecule has 4 nitrogen and oxygen atoms in total. The number of amides is 1. The standard InChI is InChI=1S/C16H17FN2O2/c1-19(10-11-5-3-4-6-15(11)21-2)16(20)13-8-7-12(18)9-14(13)17/h3-9H,10,18H2,1-2H3. The van der Waals surface area contributed by atoms with E-state index >= 15 is 0 Å². The Morgan fingerprint density at radius 2 is 2.00 bits per heavy atom. The fourth-order valence-electron chi connectivity index (χ4n) is 2.07. The van der Waals surface area contributed by atoms with Crippen LogP contribution in [0.4, 0.5) is 10.1 Å². The van der Waals surface area contributed by atoms with Crippen LogP contribution >= 0.6 is 0 Å². The number of para-hydroxylation sites is 1. The Kier molecular flexibility index (Phi) is 4.42. The van der Waals surface area contributed by atoms with Crippen LogP contribution in [-0.2, 0) is 6.54 Å². The molecule has 0 saturated heterocycles. The highest BCUT2D eigenvalue weighted by Gasteiger charge is 2.17. The summed E-state index contributed by atoms with van der Waals surface area (Å²) in [6.45, 7) is 0.326. The summed E-state index contributed by atoms with van der Waals surface area (Å²) >= 11 is 0. The smallest absolute Gasteiger partial charge is 0.256 e. The number of ether oxygens (including phenoxy) is 1.